The molecule has 37 heavy (non-hydrogen) atoms. The van der Waals surface area contributed by atoms with E-state index in [9.17, 15) is 19.1 Å². The Balaban J connectivity index is 1.84. The molecule has 0 saturated carbocycles. The Kier molecular flexibility index (Phi) is 7.10. The molecule has 4 aromatic rings. The predicted octanol–water partition coefficient (Wildman–Crippen LogP) is 3.97. The number of carbonyl (C=O) groups excluding carboxylic acids is 2. The Labute approximate surface area is 213 Å². The van der Waals surface area contributed by atoms with Crippen LogP contribution in [0.2, 0.25) is 0 Å². The van der Waals surface area contributed by atoms with Gasteiger partial charge in [-0.3, -0.25) is 14.5 Å². The van der Waals surface area contributed by atoms with Gasteiger partial charge in [0.2, 0.25) is 11.8 Å². The smallest absolute Gasteiger partial charge is 0.249 e. The second-order valence-corrected chi connectivity index (χ2v) is 9.55. The summed E-state index contributed by atoms with van der Waals surface area (Å²) in [7, 11) is 1.41. The Morgan fingerprint density at radius 3 is 2.46 bits per heavy atom. The highest BCUT2D eigenvalue weighted by Gasteiger charge is 2.35. The minimum absolute atomic E-state index is 0.192. The van der Waals surface area contributed by atoms with Crippen LogP contribution < -0.4 is 15.0 Å². The van der Waals surface area contributed by atoms with Gasteiger partial charge in [-0.15, -0.1) is 5.10 Å². The summed E-state index contributed by atoms with van der Waals surface area (Å²) in [6.45, 7) is 5.22. The molecule has 0 aliphatic heterocycles. The maximum absolute atomic E-state index is 13.9. The number of aromatic nitrogens is 3. The molecule has 0 fully saturated rings. The second-order valence-electron chi connectivity index (χ2n) is 9.55. The lowest BCUT2D eigenvalue weighted by Gasteiger charge is -2.34. The highest BCUT2D eigenvalue weighted by molar-refractivity contribution is 6.01. The van der Waals surface area contributed by atoms with Gasteiger partial charge in [0.25, 0.3) is 0 Å². The zero-order valence-electron chi connectivity index (χ0n) is 21.0. The van der Waals surface area contributed by atoms with Gasteiger partial charge in [0.15, 0.2) is 11.5 Å². The number of halogens is 1. The number of phenols is 1. The van der Waals surface area contributed by atoms with Crippen LogP contribution in [0.3, 0.4) is 0 Å². The zero-order chi connectivity index (χ0) is 26.7. The van der Waals surface area contributed by atoms with Crippen LogP contribution in [0.1, 0.15) is 32.4 Å². The number of aromatic hydroxyl groups is 1. The number of amides is 2. The molecule has 0 unspecified atom stereocenters. The van der Waals surface area contributed by atoms with Gasteiger partial charge in [0.05, 0.1) is 12.6 Å². The van der Waals surface area contributed by atoms with Crippen LogP contribution in [-0.2, 0) is 16.1 Å². The van der Waals surface area contributed by atoms with Crippen LogP contribution in [-0.4, -0.2) is 44.6 Å². The number of hydrogen-bond donors (Lipinski definition) is 2. The number of nitrogens with one attached hydrogen (secondary N) is 1. The summed E-state index contributed by atoms with van der Waals surface area (Å²) in [6.07, 6.45) is 0. The number of phenolic OH excluding ortho intramolecular Hbond substituents is 1. The van der Waals surface area contributed by atoms with Crippen molar-refractivity contribution in [3.05, 3.63) is 78.1 Å². The van der Waals surface area contributed by atoms with Gasteiger partial charge < -0.3 is 15.2 Å². The van der Waals surface area contributed by atoms with E-state index >= 15 is 0 Å². The quantitative estimate of drug-likeness (QED) is 0.393. The number of anilines is 1. The molecule has 1 heterocycles. The Morgan fingerprint density at radius 2 is 1.81 bits per heavy atom. The van der Waals surface area contributed by atoms with Gasteiger partial charge in [-0.25, -0.2) is 9.07 Å². The number of fused-ring (bicyclic) bond motifs is 1. The topological polar surface area (TPSA) is 110 Å². The maximum Gasteiger partial charge on any atom is 0.249 e. The van der Waals surface area contributed by atoms with Crippen LogP contribution in [0.5, 0.6) is 11.5 Å². The van der Waals surface area contributed by atoms with E-state index in [0.717, 1.165) is 0 Å². The molecule has 4 rings (SSSR count). The minimum atomic E-state index is -1.20. The molecule has 2 amide bonds. The lowest BCUT2D eigenvalue weighted by molar-refractivity contribution is -0.128. The van der Waals surface area contributed by atoms with E-state index in [1.807, 2.05) is 32.9 Å². The fourth-order valence-electron chi connectivity index (χ4n) is 4.01. The highest BCUT2D eigenvalue weighted by atomic mass is 19.1. The molecule has 1 aromatic heterocycles. The number of hydrogen-bond acceptors (Lipinski definition) is 6. The normalized spacial score (nSPS) is 12.2. The summed E-state index contributed by atoms with van der Waals surface area (Å²) < 4.78 is 20.4. The third kappa shape index (κ3) is 5.69. The fourth-order valence-corrected chi connectivity index (χ4v) is 4.01. The van der Waals surface area contributed by atoms with Crippen LogP contribution in [0.4, 0.5) is 10.1 Å². The third-order valence-corrected chi connectivity index (χ3v) is 5.60. The molecule has 192 valence electrons. The Morgan fingerprint density at radius 1 is 1.11 bits per heavy atom. The van der Waals surface area contributed by atoms with E-state index in [0.29, 0.717) is 22.3 Å². The number of benzene rings is 3. The first kappa shape index (κ1) is 25.6. The first-order valence-corrected chi connectivity index (χ1v) is 11.6. The molecule has 1 atom stereocenters. The molecule has 9 nitrogen and oxygen atoms in total. The zero-order valence-corrected chi connectivity index (χ0v) is 21.0. The summed E-state index contributed by atoms with van der Waals surface area (Å²) in [5, 5.41) is 21.6. The van der Waals surface area contributed by atoms with Crippen molar-refractivity contribution < 1.29 is 23.8 Å². The van der Waals surface area contributed by atoms with Gasteiger partial charge in [0.1, 0.15) is 23.9 Å². The Bertz CT molecular complexity index is 1430. The van der Waals surface area contributed by atoms with E-state index in [4.69, 9.17) is 4.74 Å². The number of para-hydroxylation sites is 1. The molecular weight excluding hydrogens is 477 g/mol. The van der Waals surface area contributed by atoms with E-state index in [1.165, 1.54) is 53.1 Å². The summed E-state index contributed by atoms with van der Waals surface area (Å²) in [6, 6.07) is 15.7. The molecule has 0 spiro atoms. The molecule has 3 aromatic carbocycles. The third-order valence-electron chi connectivity index (χ3n) is 5.60. The van der Waals surface area contributed by atoms with Gasteiger partial charge in [-0.1, -0.05) is 23.4 Å². The van der Waals surface area contributed by atoms with Crippen molar-refractivity contribution in [1.82, 2.24) is 20.3 Å². The molecular formula is C27H28FN5O4. The van der Waals surface area contributed by atoms with Crippen molar-refractivity contribution in [2.45, 2.75) is 38.9 Å². The van der Waals surface area contributed by atoms with Crippen molar-refractivity contribution in [3.8, 4) is 11.5 Å². The lowest BCUT2D eigenvalue weighted by atomic mass is 10.00. The first-order chi connectivity index (χ1) is 17.6. The average molecular weight is 506 g/mol. The van der Waals surface area contributed by atoms with Crippen molar-refractivity contribution in [2.75, 3.05) is 12.0 Å². The number of nitrogens with zero attached hydrogens (tertiary/aromatic N) is 4. The van der Waals surface area contributed by atoms with Crippen LogP contribution in [0.15, 0.2) is 66.7 Å². The Hall–Kier alpha value is -4.47. The predicted molar refractivity (Wildman–Crippen MR) is 137 cm³/mol. The largest absolute Gasteiger partial charge is 0.504 e. The summed E-state index contributed by atoms with van der Waals surface area (Å²) in [5.41, 5.74) is 1.27. The van der Waals surface area contributed by atoms with Gasteiger partial charge in [0, 0.05) is 11.2 Å². The highest BCUT2D eigenvalue weighted by Crippen LogP contribution is 2.34. The van der Waals surface area contributed by atoms with E-state index in [2.05, 4.69) is 15.6 Å². The molecule has 0 bridgehead atoms. The average Bonchev–Trinajstić information content (AvgIpc) is 3.24. The van der Waals surface area contributed by atoms with E-state index in [1.54, 1.807) is 18.2 Å². The number of carbonyl (C=O) groups is 2. The van der Waals surface area contributed by atoms with Crippen LogP contribution >= 0.6 is 0 Å². The van der Waals surface area contributed by atoms with Crippen molar-refractivity contribution in [2.24, 2.45) is 0 Å². The standard InChI is InChI=1S/C27H28FN5O4/c1-27(2,3)29-26(36)25(17-9-14-23(37-4)22(34)15-17)33(19-12-10-18(28)11-13-19)24(35)16-32-21-8-6-5-7-20(21)30-31-32/h5-15,25,34H,16H2,1-4H3,(H,29,36)/t25-/m0/s1. The second kappa shape index (κ2) is 10.3. The molecule has 0 saturated heterocycles. The molecule has 2 N–H and O–H groups in total. The maximum atomic E-state index is 13.9. The van der Waals surface area contributed by atoms with Crippen molar-refractivity contribution in [3.63, 3.8) is 0 Å². The number of rotatable bonds is 7. The number of methoxy groups -OCH3 is 1. The van der Waals surface area contributed by atoms with E-state index in [-0.39, 0.29) is 18.0 Å². The molecule has 10 heteroatoms. The van der Waals surface area contributed by atoms with Crippen LogP contribution in [0, 0.1) is 5.82 Å². The van der Waals surface area contributed by atoms with Gasteiger partial charge in [-0.05, 0) is 74.9 Å². The van der Waals surface area contributed by atoms with Crippen molar-refractivity contribution in [1.29, 1.82) is 0 Å². The number of ether oxygens (including phenoxy) is 1. The fraction of sp³-hybridized carbons (Fsp3) is 0.259. The van der Waals surface area contributed by atoms with Gasteiger partial charge in [-0.2, -0.15) is 0 Å². The van der Waals surface area contributed by atoms with Crippen LogP contribution in [0.25, 0.3) is 11.0 Å². The van der Waals surface area contributed by atoms with E-state index < -0.39 is 29.2 Å². The lowest BCUT2D eigenvalue weighted by Crippen LogP contribution is -2.50. The summed E-state index contributed by atoms with van der Waals surface area (Å²) in [5.74, 6) is -1.45. The SMILES string of the molecule is COc1ccc([C@@H](C(=O)NC(C)(C)C)N(C(=O)Cn2nnc3ccccc32)c2ccc(F)cc2)cc1O. The first-order valence-electron chi connectivity index (χ1n) is 11.6. The monoisotopic (exact) mass is 505 g/mol. The van der Waals surface area contributed by atoms with Gasteiger partial charge >= 0.3 is 0 Å². The molecule has 0 radical (unpaired) electrons. The summed E-state index contributed by atoms with van der Waals surface area (Å²) in [4.78, 5) is 28.9. The molecule has 0 aliphatic carbocycles. The van der Waals surface area contributed by atoms with Crippen molar-refractivity contribution >= 4 is 28.5 Å². The summed E-state index contributed by atoms with van der Waals surface area (Å²) >= 11 is 0. The molecule has 0 aliphatic rings. The minimum Gasteiger partial charge on any atom is -0.504 e.